The number of nitrogens with one attached hydrogen (secondary N) is 2. The fourth-order valence-corrected chi connectivity index (χ4v) is 3.45. The zero-order valence-corrected chi connectivity index (χ0v) is 19.0. The van der Waals surface area contributed by atoms with E-state index < -0.39 is 5.91 Å². The van der Waals surface area contributed by atoms with Crippen molar-refractivity contribution in [1.82, 2.24) is 19.7 Å². The highest BCUT2D eigenvalue weighted by molar-refractivity contribution is 6.43. The topological polar surface area (TPSA) is 103 Å². The fraction of sp³-hybridized carbons (Fsp3) is 0.130. The number of nitrogens with zero attached hydrogens (tertiary/aromatic N) is 4. The number of carbonyl (C=O) groups excluding carboxylic acids is 1. The van der Waals surface area contributed by atoms with Gasteiger partial charge in [-0.15, -0.1) is 0 Å². The van der Waals surface area contributed by atoms with Gasteiger partial charge in [0.25, 0.3) is 5.91 Å². The number of hydrogen-bond donors (Lipinski definition) is 2. The number of methoxy groups -OCH3 is 2. The third-order valence-corrected chi connectivity index (χ3v) is 5.07. The summed E-state index contributed by atoms with van der Waals surface area (Å²) in [6.07, 6.45) is 1.66. The second-order valence-electron chi connectivity index (χ2n) is 6.99. The molecule has 0 saturated heterocycles. The van der Waals surface area contributed by atoms with E-state index in [1.165, 1.54) is 14.2 Å². The van der Waals surface area contributed by atoms with E-state index >= 15 is 0 Å². The maximum atomic E-state index is 12.0. The van der Waals surface area contributed by atoms with Gasteiger partial charge in [0.2, 0.25) is 5.95 Å². The van der Waals surface area contributed by atoms with Crippen LogP contribution < -0.4 is 20.1 Å². The number of anilines is 3. The average molecular weight is 465 g/mol. The third kappa shape index (κ3) is 4.44. The van der Waals surface area contributed by atoms with Gasteiger partial charge < -0.3 is 20.1 Å². The van der Waals surface area contributed by atoms with Crippen molar-refractivity contribution in [2.45, 2.75) is 0 Å². The number of halogens is 1. The Morgan fingerprint density at radius 3 is 2.55 bits per heavy atom. The van der Waals surface area contributed by atoms with Crippen LogP contribution in [0.15, 0.2) is 60.3 Å². The van der Waals surface area contributed by atoms with E-state index in [9.17, 15) is 4.79 Å². The van der Waals surface area contributed by atoms with Crippen LogP contribution in [-0.4, -0.2) is 39.9 Å². The molecule has 168 valence electrons. The minimum absolute atomic E-state index is 0.151. The molecule has 0 atom stereocenters. The predicted molar refractivity (Wildman–Crippen MR) is 128 cm³/mol. The van der Waals surface area contributed by atoms with Crippen molar-refractivity contribution in [3.8, 4) is 22.9 Å². The van der Waals surface area contributed by atoms with E-state index in [1.807, 2.05) is 37.4 Å². The van der Waals surface area contributed by atoms with Crippen LogP contribution in [-0.2, 0) is 11.8 Å². The molecule has 0 radical (unpaired) electrons. The van der Waals surface area contributed by atoms with Crippen LogP contribution in [0.25, 0.3) is 22.3 Å². The molecule has 4 aromatic rings. The van der Waals surface area contributed by atoms with Crippen molar-refractivity contribution >= 4 is 45.7 Å². The molecule has 9 nitrogen and oxygen atoms in total. The second kappa shape index (κ2) is 9.17. The number of ether oxygens (including phenoxy) is 2. The van der Waals surface area contributed by atoms with Gasteiger partial charge >= 0.3 is 0 Å². The van der Waals surface area contributed by atoms with E-state index in [4.69, 9.17) is 21.1 Å². The molecule has 0 aliphatic rings. The highest BCUT2D eigenvalue weighted by Crippen LogP contribution is 2.38. The Morgan fingerprint density at radius 1 is 1.09 bits per heavy atom. The minimum Gasteiger partial charge on any atom is -0.494 e. The van der Waals surface area contributed by atoms with E-state index in [0.717, 1.165) is 16.6 Å². The highest BCUT2D eigenvalue weighted by Gasteiger charge is 2.17. The summed E-state index contributed by atoms with van der Waals surface area (Å²) in [7, 11) is 4.88. The first-order valence-corrected chi connectivity index (χ1v) is 10.2. The lowest BCUT2D eigenvalue weighted by Gasteiger charge is -2.16. The van der Waals surface area contributed by atoms with Crippen LogP contribution in [0, 0.1) is 0 Å². The van der Waals surface area contributed by atoms with Crippen molar-refractivity contribution in [1.29, 1.82) is 0 Å². The summed E-state index contributed by atoms with van der Waals surface area (Å²) < 4.78 is 12.6. The Hall–Kier alpha value is -4.11. The molecule has 0 spiro atoms. The summed E-state index contributed by atoms with van der Waals surface area (Å²) in [5.74, 6) is 0.641. The number of benzene rings is 2. The second-order valence-corrected chi connectivity index (χ2v) is 7.45. The molecule has 0 unspecified atom stereocenters. The Balaban J connectivity index is 1.72. The number of amides is 1. The van der Waals surface area contributed by atoms with Gasteiger partial charge in [-0.2, -0.15) is 5.10 Å². The van der Waals surface area contributed by atoms with Gasteiger partial charge in [-0.1, -0.05) is 36.4 Å². The van der Waals surface area contributed by atoms with Gasteiger partial charge in [0.05, 0.1) is 47.5 Å². The van der Waals surface area contributed by atoms with Gasteiger partial charge in [-0.25, -0.2) is 9.97 Å². The Morgan fingerprint density at radius 2 is 1.82 bits per heavy atom. The molecule has 0 aliphatic carbocycles. The van der Waals surface area contributed by atoms with Gasteiger partial charge in [0, 0.05) is 24.7 Å². The molecule has 10 heteroatoms. The number of hydrogen-bond acceptors (Lipinski definition) is 7. The Labute approximate surface area is 195 Å². The highest BCUT2D eigenvalue weighted by atomic mass is 35.5. The van der Waals surface area contributed by atoms with E-state index in [-0.39, 0.29) is 5.03 Å². The number of aromatic nitrogens is 4. The van der Waals surface area contributed by atoms with Crippen LogP contribution >= 0.6 is 11.6 Å². The smallest absolute Gasteiger partial charge is 0.266 e. The number of carbonyl (C=O) groups is 1. The molecule has 0 aliphatic heterocycles. The SMILES string of the molecule is C=C(Cl)C(=O)Nc1cc(Nc2nccc(-c3c4ccccc4nn3C)n2)c(OC)cc1OC. The van der Waals surface area contributed by atoms with Crippen LogP contribution in [0.1, 0.15) is 0 Å². The Kier molecular flexibility index (Phi) is 6.14. The zero-order chi connectivity index (χ0) is 23.5. The first-order valence-electron chi connectivity index (χ1n) is 9.85. The lowest BCUT2D eigenvalue weighted by Crippen LogP contribution is -2.12. The molecule has 4 rings (SSSR count). The van der Waals surface area contributed by atoms with Gasteiger partial charge in [0.1, 0.15) is 11.5 Å². The number of aryl methyl sites for hydroxylation is 1. The molecule has 2 aromatic carbocycles. The van der Waals surface area contributed by atoms with E-state index in [0.29, 0.717) is 34.5 Å². The molecule has 33 heavy (non-hydrogen) atoms. The predicted octanol–water partition coefficient (Wildman–Crippen LogP) is 4.48. The molecular weight excluding hydrogens is 444 g/mol. The Bertz CT molecular complexity index is 1370. The van der Waals surface area contributed by atoms with Crippen LogP contribution in [0.3, 0.4) is 0 Å². The number of fused-ring (bicyclic) bond motifs is 1. The van der Waals surface area contributed by atoms with Gasteiger partial charge in [-0.3, -0.25) is 9.48 Å². The fourth-order valence-electron chi connectivity index (χ4n) is 3.41. The minimum atomic E-state index is -0.549. The summed E-state index contributed by atoms with van der Waals surface area (Å²) in [5, 5.41) is 11.2. The lowest BCUT2D eigenvalue weighted by atomic mass is 10.1. The van der Waals surface area contributed by atoms with Crippen molar-refractivity contribution in [3.63, 3.8) is 0 Å². The third-order valence-electron chi connectivity index (χ3n) is 4.90. The normalized spacial score (nSPS) is 10.7. The molecule has 0 bridgehead atoms. The summed E-state index contributed by atoms with van der Waals surface area (Å²) >= 11 is 5.71. The molecule has 0 saturated carbocycles. The number of rotatable bonds is 7. The van der Waals surface area contributed by atoms with Crippen molar-refractivity contribution in [2.75, 3.05) is 24.9 Å². The molecule has 1 amide bonds. The standard InChI is InChI=1S/C23H21ClN6O3/c1-13(24)22(31)26-17-11-18(20(33-4)12-19(17)32-3)28-23-25-10-9-16(27-23)21-14-7-5-6-8-15(14)29-30(21)2/h5-12H,1H2,2-4H3,(H,26,31)(H,25,27,28). The monoisotopic (exact) mass is 464 g/mol. The summed E-state index contributed by atoms with van der Waals surface area (Å²) in [6.45, 7) is 3.44. The molecular formula is C23H21ClN6O3. The van der Waals surface area contributed by atoms with Gasteiger partial charge in [0.15, 0.2) is 0 Å². The van der Waals surface area contributed by atoms with E-state index in [1.54, 1.807) is 23.0 Å². The molecule has 2 aromatic heterocycles. The summed E-state index contributed by atoms with van der Waals surface area (Å²) in [5.41, 5.74) is 3.33. The maximum absolute atomic E-state index is 12.0. The van der Waals surface area contributed by atoms with Crippen LogP contribution in [0.4, 0.5) is 17.3 Å². The van der Waals surface area contributed by atoms with Crippen molar-refractivity contribution in [2.24, 2.45) is 7.05 Å². The summed E-state index contributed by atoms with van der Waals surface area (Å²) in [4.78, 5) is 21.0. The summed E-state index contributed by atoms with van der Waals surface area (Å²) in [6, 6.07) is 12.9. The van der Waals surface area contributed by atoms with Gasteiger partial charge in [-0.05, 0) is 18.2 Å². The lowest BCUT2D eigenvalue weighted by molar-refractivity contribution is -0.112. The first-order chi connectivity index (χ1) is 15.9. The maximum Gasteiger partial charge on any atom is 0.266 e. The largest absolute Gasteiger partial charge is 0.494 e. The quantitative estimate of drug-likeness (QED) is 0.388. The first kappa shape index (κ1) is 22.1. The average Bonchev–Trinajstić information content (AvgIpc) is 3.15. The van der Waals surface area contributed by atoms with Crippen LogP contribution in [0.2, 0.25) is 0 Å². The molecule has 2 heterocycles. The molecule has 0 fully saturated rings. The van der Waals surface area contributed by atoms with E-state index in [2.05, 4.69) is 32.3 Å². The van der Waals surface area contributed by atoms with Crippen molar-refractivity contribution in [3.05, 3.63) is 60.3 Å². The van der Waals surface area contributed by atoms with Crippen molar-refractivity contribution < 1.29 is 14.3 Å². The molecule has 2 N–H and O–H groups in total. The van der Waals surface area contributed by atoms with Crippen LogP contribution in [0.5, 0.6) is 11.5 Å². The zero-order valence-electron chi connectivity index (χ0n) is 18.2.